The lowest BCUT2D eigenvalue weighted by molar-refractivity contribution is -0.117. The van der Waals surface area contributed by atoms with Crippen LogP contribution in [0.15, 0.2) is 23.1 Å². The van der Waals surface area contributed by atoms with E-state index in [9.17, 15) is 4.79 Å². The average molecular weight is 281 g/mol. The highest BCUT2D eigenvalue weighted by atomic mass is 79.9. The first-order valence-corrected chi connectivity index (χ1v) is 5.83. The van der Waals surface area contributed by atoms with Gasteiger partial charge in [0, 0.05) is 18.3 Å². The zero-order chi connectivity index (χ0) is 11.1. The van der Waals surface area contributed by atoms with Gasteiger partial charge in [-0.15, -0.1) is 0 Å². The minimum Gasteiger partial charge on any atom is -0.309 e. The van der Waals surface area contributed by atoms with E-state index in [0.717, 1.165) is 17.3 Å². The number of carbonyl (C=O) groups excluding carboxylic acids is 1. The van der Waals surface area contributed by atoms with Crippen LogP contribution in [0.2, 0.25) is 0 Å². The quantitative estimate of drug-likeness (QED) is 0.913. The summed E-state index contributed by atoms with van der Waals surface area (Å²) in [4.78, 5) is 19.9. The third kappa shape index (κ3) is 1.80. The number of amides is 1. The highest BCUT2D eigenvalue weighted by Gasteiger charge is 2.29. The monoisotopic (exact) mass is 280 g/mol. The molecule has 3 rings (SSSR count). The van der Waals surface area contributed by atoms with E-state index in [1.807, 2.05) is 6.20 Å². The van der Waals surface area contributed by atoms with Crippen molar-refractivity contribution in [3.05, 3.63) is 23.1 Å². The Labute approximate surface area is 100 Å². The molecule has 6 heteroatoms. The van der Waals surface area contributed by atoms with Gasteiger partial charge in [0.25, 0.3) is 0 Å². The number of anilines is 1. The van der Waals surface area contributed by atoms with Gasteiger partial charge in [0.15, 0.2) is 5.82 Å². The zero-order valence-electron chi connectivity index (χ0n) is 8.35. The zero-order valence-corrected chi connectivity index (χ0v) is 9.94. The van der Waals surface area contributed by atoms with Crippen molar-refractivity contribution in [2.75, 3.05) is 5.32 Å². The molecule has 0 spiro atoms. The maximum atomic E-state index is 11.5. The van der Waals surface area contributed by atoms with Gasteiger partial charge >= 0.3 is 0 Å². The van der Waals surface area contributed by atoms with Gasteiger partial charge in [-0.3, -0.25) is 9.20 Å². The molecule has 5 nitrogen and oxygen atoms in total. The molecule has 0 saturated heterocycles. The van der Waals surface area contributed by atoms with Gasteiger partial charge in [-0.1, -0.05) is 0 Å². The van der Waals surface area contributed by atoms with Crippen LogP contribution in [0.1, 0.15) is 12.8 Å². The Balaban J connectivity index is 1.89. The van der Waals surface area contributed by atoms with E-state index in [0.29, 0.717) is 11.6 Å². The van der Waals surface area contributed by atoms with Crippen LogP contribution < -0.4 is 5.32 Å². The smallest absolute Gasteiger partial charge is 0.235 e. The molecule has 0 unspecified atom stereocenters. The molecule has 1 amide bonds. The highest BCUT2D eigenvalue weighted by molar-refractivity contribution is 9.10. The van der Waals surface area contributed by atoms with Gasteiger partial charge in [-0.25, -0.2) is 4.98 Å². The second kappa shape index (κ2) is 3.55. The molecule has 2 heterocycles. The molecule has 2 aromatic rings. The van der Waals surface area contributed by atoms with E-state index in [1.54, 1.807) is 16.8 Å². The predicted octanol–water partition coefficient (Wildman–Crippen LogP) is 1.84. The molecule has 82 valence electrons. The molecule has 1 aliphatic carbocycles. The number of hydrogen-bond donors (Lipinski definition) is 1. The van der Waals surface area contributed by atoms with Crippen LogP contribution in [-0.2, 0) is 4.79 Å². The number of aromatic nitrogens is 3. The molecule has 1 N–H and O–H groups in total. The minimum absolute atomic E-state index is 0.0578. The van der Waals surface area contributed by atoms with E-state index in [2.05, 4.69) is 31.2 Å². The lowest BCUT2D eigenvalue weighted by atomic mass is 10.4. The summed E-state index contributed by atoms with van der Waals surface area (Å²) < 4.78 is 2.64. The summed E-state index contributed by atoms with van der Waals surface area (Å²) in [5.74, 6) is 1.38. The number of imidazole rings is 1. The Morgan fingerprint density at radius 1 is 1.50 bits per heavy atom. The van der Waals surface area contributed by atoms with Crippen LogP contribution in [0.4, 0.5) is 5.82 Å². The van der Waals surface area contributed by atoms with E-state index < -0.39 is 0 Å². The Morgan fingerprint density at radius 3 is 3.06 bits per heavy atom. The van der Waals surface area contributed by atoms with E-state index >= 15 is 0 Å². The van der Waals surface area contributed by atoms with Crippen molar-refractivity contribution in [2.24, 2.45) is 5.92 Å². The molecule has 1 aliphatic rings. The van der Waals surface area contributed by atoms with Gasteiger partial charge in [0.05, 0.1) is 10.7 Å². The summed E-state index contributed by atoms with van der Waals surface area (Å²) in [6, 6.07) is 0. The van der Waals surface area contributed by atoms with Crippen molar-refractivity contribution >= 4 is 33.4 Å². The molecule has 0 aliphatic heterocycles. The number of rotatable bonds is 2. The summed E-state index contributed by atoms with van der Waals surface area (Å²) in [6.07, 6.45) is 7.26. The van der Waals surface area contributed by atoms with Crippen molar-refractivity contribution < 1.29 is 4.79 Å². The Morgan fingerprint density at radius 2 is 2.31 bits per heavy atom. The van der Waals surface area contributed by atoms with Gasteiger partial charge in [0.2, 0.25) is 11.7 Å². The summed E-state index contributed by atoms with van der Waals surface area (Å²) in [6.45, 7) is 0. The molecular weight excluding hydrogens is 272 g/mol. The molecule has 1 fully saturated rings. The summed E-state index contributed by atoms with van der Waals surface area (Å²) in [7, 11) is 0. The van der Waals surface area contributed by atoms with Gasteiger partial charge < -0.3 is 5.32 Å². The van der Waals surface area contributed by atoms with Crippen LogP contribution in [0.25, 0.3) is 5.78 Å². The third-order valence-electron chi connectivity index (χ3n) is 2.48. The van der Waals surface area contributed by atoms with Crippen molar-refractivity contribution in [1.29, 1.82) is 0 Å². The lowest BCUT2D eigenvalue weighted by Gasteiger charge is -1.96. The molecule has 0 atom stereocenters. The molecule has 2 aromatic heterocycles. The number of nitrogens with one attached hydrogen (secondary N) is 1. The van der Waals surface area contributed by atoms with Gasteiger partial charge in [-0.2, -0.15) is 4.98 Å². The minimum atomic E-state index is 0.0578. The van der Waals surface area contributed by atoms with Crippen LogP contribution >= 0.6 is 15.9 Å². The van der Waals surface area contributed by atoms with Crippen molar-refractivity contribution in [3.8, 4) is 0 Å². The highest BCUT2D eigenvalue weighted by Crippen LogP contribution is 2.30. The van der Waals surface area contributed by atoms with E-state index in [1.165, 1.54) is 0 Å². The first-order chi connectivity index (χ1) is 7.72. The van der Waals surface area contributed by atoms with Crippen LogP contribution in [0.5, 0.6) is 0 Å². The normalized spacial score (nSPS) is 15.3. The second-order valence-electron chi connectivity index (χ2n) is 3.87. The van der Waals surface area contributed by atoms with Gasteiger partial charge in [-0.05, 0) is 28.8 Å². The van der Waals surface area contributed by atoms with Crippen molar-refractivity contribution in [2.45, 2.75) is 12.8 Å². The molecule has 0 bridgehead atoms. The summed E-state index contributed by atoms with van der Waals surface area (Å²) >= 11 is 3.33. The Hall–Kier alpha value is -1.43. The maximum Gasteiger partial charge on any atom is 0.235 e. The second-order valence-corrected chi connectivity index (χ2v) is 4.78. The molecule has 16 heavy (non-hydrogen) atoms. The molecule has 0 radical (unpaired) electrons. The number of hydrogen-bond acceptors (Lipinski definition) is 3. The van der Waals surface area contributed by atoms with E-state index in [-0.39, 0.29) is 11.8 Å². The van der Waals surface area contributed by atoms with E-state index in [4.69, 9.17) is 0 Å². The first-order valence-electron chi connectivity index (χ1n) is 5.03. The van der Waals surface area contributed by atoms with Crippen LogP contribution in [0, 0.1) is 5.92 Å². The maximum absolute atomic E-state index is 11.5. The topological polar surface area (TPSA) is 59.3 Å². The molecule has 0 aromatic carbocycles. The molecular formula is C10H9BrN4O. The fourth-order valence-electron chi connectivity index (χ4n) is 1.49. The molecule has 1 saturated carbocycles. The number of carbonyl (C=O) groups is 1. The fourth-order valence-corrected chi connectivity index (χ4v) is 1.82. The SMILES string of the molecule is O=C(Nc1cn2cc(Br)cnc2n1)C1CC1. The Bertz CT molecular complexity index is 561. The van der Waals surface area contributed by atoms with Crippen molar-refractivity contribution in [1.82, 2.24) is 14.4 Å². The third-order valence-corrected chi connectivity index (χ3v) is 2.89. The number of fused-ring (bicyclic) bond motifs is 1. The fraction of sp³-hybridized carbons (Fsp3) is 0.300. The average Bonchev–Trinajstić information content (AvgIpc) is 3.00. The first kappa shape index (κ1) is 9.77. The number of nitrogens with zero attached hydrogens (tertiary/aromatic N) is 3. The largest absolute Gasteiger partial charge is 0.309 e. The van der Waals surface area contributed by atoms with Crippen LogP contribution in [0.3, 0.4) is 0 Å². The summed E-state index contributed by atoms with van der Waals surface area (Å²) in [5, 5.41) is 2.79. The van der Waals surface area contributed by atoms with Crippen molar-refractivity contribution in [3.63, 3.8) is 0 Å². The van der Waals surface area contributed by atoms with Gasteiger partial charge in [0.1, 0.15) is 0 Å². The number of halogens is 1. The standard InChI is InChI=1S/C10H9BrN4O/c11-7-3-12-10-14-8(5-15(10)4-7)13-9(16)6-1-2-6/h3-6H,1-2H2,(H,13,16). The Kier molecular flexibility index (Phi) is 2.17. The lowest BCUT2D eigenvalue weighted by Crippen LogP contribution is -2.13. The summed E-state index contributed by atoms with van der Waals surface area (Å²) in [5.41, 5.74) is 0. The predicted molar refractivity (Wildman–Crippen MR) is 62.0 cm³/mol. The van der Waals surface area contributed by atoms with Crippen LogP contribution in [-0.4, -0.2) is 20.3 Å².